The number of benzene rings is 4. The molecule has 4 aromatic rings. The van der Waals surface area contributed by atoms with Gasteiger partial charge >= 0.3 is 0 Å². The molecule has 0 unspecified atom stereocenters. The van der Waals surface area contributed by atoms with Crippen molar-refractivity contribution in [3.8, 4) is 0 Å². The van der Waals surface area contributed by atoms with Gasteiger partial charge in [-0.05, 0) is 40.6 Å². The summed E-state index contributed by atoms with van der Waals surface area (Å²) >= 11 is 0. The van der Waals surface area contributed by atoms with Gasteiger partial charge in [0, 0.05) is 13.1 Å². The molecule has 0 atom stereocenters. The Labute approximate surface area is 211 Å². The van der Waals surface area contributed by atoms with Crippen molar-refractivity contribution >= 4 is 40.8 Å². The summed E-state index contributed by atoms with van der Waals surface area (Å²) in [5.74, 6) is 0. The molecule has 0 N–H and O–H groups in total. The van der Waals surface area contributed by atoms with Crippen molar-refractivity contribution in [2.24, 2.45) is 4.74 Å². The standard InChI is InChI=1S/C31H35N2P2/c1-26(2)32-34(28-17-9-5-10-18-28,29-19-11-6-12-20-29)25-35(33-27(3)4,30-21-13-7-14-22-30)31-23-15-8-16-24-31/h5-27H,1-4H3/q-1. The van der Waals surface area contributed by atoms with Gasteiger partial charge in [0.05, 0.1) is 0 Å². The number of hydrogen-bond donors (Lipinski definition) is 0. The van der Waals surface area contributed by atoms with Crippen LogP contribution in [0.3, 0.4) is 0 Å². The first kappa shape index (κ1) is 25.5. The Bertz CT molecular complexity index is 1230. The van der Waals surface area contributed by atoms with Crippen LogP contribution >= 0.6 is 14.1 Å². The molecule has 0 radical (unpaired) electrons. The lowest BCUT2D eigenvalue weighted by Gasteiger charge is -2.46. The SMILES string of the molecule is CC(C)N=P(C=P([N-]C(C)C)(c1ccccc1)c1ccccc1)(c1ccccc1)c1ccccc1. The van der Waals surface area contributed by atoms with Crippen LogP contribution in [0, 0.1) is 0 Å². The van der Waals surface area contributed by atoms with Gasteiger partial charge < -0.3 is 5.09 Å². The molecule has 0 saturated heterocycles. The van der Waals surface area contributed by atoms with Gasteiger partial charge in [-0.3, -0.25) is 4.74 Å². The third-order valence-corrected chi connectivity index (χ3v) is 14.4. The molecule has 0 saturated carbocycles. The minimum Gasteiger partial charge on any atom is -0.626 e. The highest BCUT2D eigenvalue weighted by Gasteiger charge is 2.27. The summed E-state index contributed by atoms with van der Waals surface area (Å²) in [6, 6.07) is 43.9. The zero-order valence-electron chi connectivity index (χ0n) is 21.1. The third kappa shape index (κ3) is 5.62. The van der Waals surface area contributed by atoms with Crippen molar-refractivity contribution in [1.29, 1.82) is 0 Å². The van der Waals surface area contributed by atoms with E-state index in [1.54, 1.807) is 0 Å². The fraction of sp³-hybridized carbons (Fsp3) is 0.194. The van der Waals surface area contributed by atoms with Crippen LogP contribution in [0.2, 0.25) is 0 Å². The molecule has 4 rings (SSSR count). The summed E-state index contributed by atoms with van der Waals surface area (Å²) in [5.41, 5.74) is 2.61. The smallest absolute Gasteiger partial charge is 0.0473 e. The van der Waals surface area contributed by atoms with Gasteiger partial charge in [-0.15, -0.1) is 13.1 Å². The highest BCUT2D eigenvalue weighted by molar-refractivity contribution is 8.09. The zero-order valence-corrected chi connectivity index (χ0v) is 22.9. The summed E-state index contributed by atoms with van der Waals surface area (Å²) in [6.07, 6.45) is 0. The van der Waals surface area contributed by atoms with Crippen molar-refractivity contribution < 1.29 is 0 Å². The molecule has 4 heteroatoms. The predicted molar refractivity (Wildman–Crippen MR) is 160 cm³/mol. The Morgan fingerprint density at radius 1 is 0.543 bits per heavy atom. The van der Waals surface area contributed by atoms with E-state index >= 15 is 0 Å². The van der Waals surface area contributed by atoms with Crippen LogP contribution in [-0.4, -0.2) is 17.6 Å². The van der Waals surface area contributed by atoms with Gasteiger partial charge in [0.2, 0.25) is 0 Å². The Balaban J connectivity index is 2.24. The molecule has 0 aliphatic carbocycles. The summed E-state index contributed by atoms with van der Waals surface area (Å²) < 4.78 is 5.62. The van der Waals surface area contributed by atoms with Gasteiger partial charge in [0.1, 0.15) is 0 Å². The Morgan fingerprint density at radius 2 is 0.886 bits per heavy atom. The highest BCUT2D eigenvalue weighted by atomic mass is 31.2. The fourth-order valence-corrected chi connectivity index (χ4v) is 14.1. The second-order valence-corrected chi connectivity index (χ2v) is 15.4. The van der Waals surface area contributed by atoms with Gasteiger partial charge in [-0.25, -0.2) is 0 Å². The van der Waals surface area contributed by atoms with Crippen molar-refractivity contribution in [3.63, 3.8) is 0 Å². The second-order valence-electron chi connectivity index (χ2n) is 9.25. The number of rotatable bonds is 8. The van der Waals surface area contributed by atoms with Gasteiger partial charge in [0.25, 0.3) is 0 Å². The molecule has 0 bridgehead atoms. The van der Waals surface area contributed by atoms with Crippen LogP contribution in [0.15, 0.2) is 126 Å². The van der Waals surface area contributed by atoms with Crippen molar-refractivity contribution in [2.45, 2.75) is 39.8 Å². The van der Waals surface area contributed by atoms with Gasteiger partial charge in [-0.2, -0.15) is 0 Å². The van der Waals surface area contributed by atoms with Crippen molar-refractivity contribution in [2.75, 3.05) is 0 Å². The van der Waals surface area contributed by atoms with E-state index in [-0.39, 0.29) is 12.1 Å². The topological polar surface area (TPSA) is 26.5 Å². The average Bonchev–Trinajstić information content (AvgIpc) is 2.89. The molecule has 0 aromatic heterocycles. The van der Waals surface area contributed by atoms with E-state index in [1.165, 1.54) is 21.2 Å². The van der Waals surface area contributed by atoms with E-state index in [2.05, 4.69) is 155 Å². The molecule has 35 heavy (non-hydrogen) atoms. The van der Waals surface area contributed by atoms with Gasteiger partial charge in [0.15, 0.2) is 0 Å². The summed E-state index contributed by atoms with van der Waals surface area (Å²) in [5, 5.41) is 10.7. The lowest BCUT2D eigenvalue weighted by atomic mass is 10.4. The first-order valence-corrected chi connectivity index (χ1v) is 15.9. The van der Waals surface area contributed by atoms with Crippen LogP contribution < -0.4 is 21.2 Å². The van der Waals surface area contributed by atoms with Crippen LogP contribution in [0.5, 0.6) is 0 Å². The van der Waals surface area contributed by atoms with Gasteiger partial charge in [-0.1, -0.05) is 135 Å². The maximum absolute atomic E-state index is 5.62. The number of nitrogens with zero attached hydrogens (tertiary/aromatic N) is 2. The van der Waals surface area contributed by atoms with Crippen LogP contribution in [0.25, 0.3) is 5.09 Å². The molecule has 0 spiro atoms. The third-order valence-electron chi connectivity index (χ3n) is 5.76. The monoisotopic (exact) mass is 497 g/mol. The van der Waals surface area contributed by atoms with Crippen molar-refractivity contribution in [3.05, 3.63) is 126 Å². The minimum atomic E-state index is -2.31. The fourth-order valence-electron chi connectivity index (χ4n) is 4.48. The minimum absolute atomic E-state index is 0.174. The van der Waals surface area contributed by atoms with E-state index in [4.69, 9.17) is 9.83 Å². The highest BCUT2D eigenvalue weighted by Crippen LogP contribution is 2.60. The second kappa shape index (κ2) is 11.4. The maximum atomic E-state index is 5.62. The molecular formula is C31H35N2P2-. The lowest BCUT2D eigenvalue weighted by Crippen LogP contribution is -2.24. The summed E-state index contributed by atoms with van der Waals surface area (Å²) in [7, 11) is -4.62. The molecule has 0 heterocycles. The summed E-state index contributed by atoms with van der Waals surface area (Å²) in [6.45, 7) is 8.77. The quantitative estimate of drug-likeness (QED) is 0.227. The molecule has 0 aliphatic heterocycles. The van der Waals surface area contributed by atoms with E-state index in [9.17, 15) is 0 Å². The average molecular weight is 498 g/mol. The Hall–Kier alpha value is -2.63. The number of hydrogen-bond acceptors (Lipinski definition) is 1. The largest absolute Gasteiger partial charge is 0.626 e. The normalized spacial score (nSPS) is 12.1. The first-order chi connectivity index (χ1) is 17.0. The van der Waals surface area contributed by atoms with E-state index in [1.807, 2.05) is 0 Å². The molecule has 180 valence electrons. The van der Waals surface area contributed by atoms with Crippen molar-refractivity contribution in [1.82, 2.24) is 0 Å². The van der Waals surface area contributed by atoms with Crippen LogP contribution in [-0.2, 0) is 0 Å². The van der Waals surface area contributed by atoms with Crippen LogP contribution in [0.1, 0.15) is 27.7 Å². The maximum Gasteiger partial charge on any atom is 0.0473 e. The lowest BCUT2D eigenvalue weighted by molar-refractivity contribution is 0.849. The van der Waals surface area contributed by atoms with Crippen LogP contribution in [0.4, 0.5) is 0 Å². The summed E-state index contributed by atoms with van der Waals surface area (Å²) in [4.78, 5) is 0. The molecule has 0 aliphatic rings. The molecule has 4 aromatic carbocycles. The van der Waals surface area contributed by atoms with E-state index < -0.39 is 14.1 Å². The molecule has 2 nitrogen and oxygen atoms in total. The molecule has 0 amide bonds. The Kier molecular flexibility index (Phi) is 8.30. The molecule has 0 fully saturated rings. The molecular weight excluding hydrogens is 462 g/mol. The Morgan fingerprint density at radius 3 is 1.20 bits per heavy atom. The zero-order chi connectivity index (χ0) is 24.7. The van der Waals surface area contributed by atoms with E-state index in [0.717, 1.165) is 0 Å². The predicted octanol–water partition coefficient (Wildman–Crippen LogP) is 7.37. The van der Waals surface area contributed by atoms with E-state index in [0.29, 0.717) is 0 Å². The first-order valence-electron chi connectivity index (χ1n) is 12.3.